The molecule has 148 valence electrons. The highest BCUT2D eigenvalue weighted by Crippen LogP contribution is 2.30. The Hall–Kier alpha value is -3.45. The van der Waals surface area contributed by atoms with Gasteiger partial charge in [-0.25, -0.2) is 0 Å². The molecular weight excluding hydrogens is 368 g/mol. The zero-order valence-electron chi connectivity index (χ0n) is 16.1. The highest BCUT2D eigenvalue weighted by molar-refractivity contribution is 5.97. The van der Waals surface area contributed by atoms with E-state index in [1.54, 1.807) is 6.07 Å². The number of benzene rings is 2. The summed E-state index contributed by atoms with van der Waals surface area (Å²) >= 11 is 0. The Kier molecular flexibility index (Phi) is 5.39. The number of nitrogens with one attached hydrogen (secondary N) is 2. The van der Waals surface area contributed by atoms with Crippen LogP contribution < -0.4 is 10.6 Å². The van der Waals surface area contributed by atoms with Crippen LogP contribution in [0.5, 0.6) is 0 Å². The topological polar surface area (TPSA) is 87.5 Å². The number of nitrogens with zero attached hydrogens (tertiary/aromatic N) is 2. The largest absolute Gasteiger partial charge is 0.359 e. The SMILES string of the molecule is CN(Cc1ccccc1)Cc1cc(C(=O)N[C@H]2CC(=O)Nc3ccccc32)no1. The predicted octanol–water partition coefficient (Wildman–Crippen LogP) is 3.12. The van der Waals surface area contributed by atoms with E-state index < -0.39 is 6.04 Å². The average Bonchev–Trinajstić information content (AvgIpc) is 3.17. The van der Waals surface area contributed by atoms with E-state index in [2.05, 4.69) is 32.8 Å². The molecule has 2 aromatic carbocycles. The molecule has 7 nitrogen and oxygen atoms in total. The molecule has 0 radical (unpaired) electrons. The molecule has 2 heterocycles. The van der Waals surface area contributed by atoms with E-state index in [4.69, 9.17) is 4.52 Å². The maximum atomic E-state index is 12.6. The number of carbonyl (C=O) groups is 2. The lowest BCUT2D eigenvalue weighted by Crippen LogP contribution is -2.35. The van der Waals surface area contributed by atoms with Gasteiger partial charge in [0, 0.05) is 18.3 Å². The van der Waals surface area contributed by atoms with Crippen LogP contribution in [0.2, 0.25) is 0 Å². The summed E-state index contributed by atoms with van der Waals surface area (Å²) in [5.41, 5.74) is 3.00. The Balaban J connectivity index is 1.39. The van der Waals surface area contributed by atoms with Crippen molar-refractivity contribution in [3.63, 3.8) is 0 Å². The third-order valence-electron chi connectivity index (χ3n) is 4.82. The highest BCUT2D eigenvalue weighted by atomic mass is 16.5. The van der Waals surface area contributed by atoms with Crippen LogP contribution in [-0.4, -0.2) is 28.9 Å². The molecule has 4 rings (SSSR count). The van der Waals surface area contributed by atoms with Gasteiger partial charge < -0.3 is 15.2 Å². The van der Waals surface area contributed by atoms with E-state index in [0.717, 1.165) is 17.8 Å². The van der Waals surface area contributed by atoms with Gasteiger partial charge in [-0.3, -0.25) is 14.5 Å². The minimum Gasteiger partial charge on any atom is -0.359 e. The van der Waals surface area contributed by atoms with Crippen molar-refractivity contribution in [2.24, 2.45) is 0 Å². The minimum atomic E-state index is -0.395. The van der Waals surface area contributed by atoms with E-state index in [-0.39, 0.29) is 23.9 Å². The number of anilines is 1. The Morgan fingerprint density at radius 2 is 1.93 bits per heavy atom. The van der Waals surface area contributed by atoms with Crippen LogP contribution in [0.1, 0.15) is 39.8 Å². The molecule has 0 saturated heterocycles. The second kappa shape index (κ2) is 8.28. The number of fused-ring (bicyclic) bond motifs is 1. The Morgan fingerprint density at radius 1 is 1.17 bits per heavy atom. The molecule has 0 saturated carbocycles. The van der Waals surface area contributed by atoms with E-state index in [1.165, 1.54) is 5.56 Å². The number of carbonyl (C=O) groups excluding carboxylic acids is 2. The summed E-state index contributed by atoms with van der Waals surface area (Å²) < 4.78 is 5.34. The Morgan fingerprint density at radius 3 is 2.76 bits per heavy atom. The molecule has 1 aliphatic heterocycles. The summed E-state index contributed by atoms with van der Waals surface area (Å²) in [7, 11) is 1.98. The van der Waals surface area contributed by atoms with Gasteiger partial charge in [0.25, 0.3) is 5.91 Å². The van der Waals surface area contributed by atoms with Gasteiger partial charge in [-0.15, -0.1) is 0 Å². The van der Waals surface area contributed by atoms with Crippen molar-refractivity contribution in [1.82, 2.24) is 15.4 Å². The van der Waals surface area contributed by atoms with Gasteiger partial charge >= 0.3 is 0 Å². The molecule has 2 N–H and O–H groups in total. The third-order valence-corrected chi connectivity index (χ3v) is 4.82. The number of aromatic nitrogens is 1. The maximum absolute atomic E-state index is 12.6. The second-order valence-corrected chi connectivity index (χ2v) is 7.20. The normalized spacial score (nSPS) is 15.7. The molecule has 1 aliphatic rings. The molecule has 0 spiro atoms. The fourth-order valence-corrected chi connectivity index (χ4v) is 3.48. The Labute approximate surface area is 168 Å². The standard InChI is InChI=1S/C22H22N4O3/c1-26(13-15-7-3-2-4-8-15)14-16-11-20(25-29-16)22(28)24-19-12-21(27)23-18-10-6-5-9-17(18)19/h2-11,19H,12-14H2,1H3,(H,23,27)(H,24,28)/t19-/m0/s1. The fourth-order valence-electron chi connectivity index (χ4n) is 3.48. The zero-order chi connectivity index (χ0) is 20.2. The number of hydrogen-bond acceptors (Lipinski definition) is 5. The van der Waals surface area contributed by atoms with Crippen LogP contribution in [0.4, 0.5) is 5.69 Å². The van der Waals surface area contributed by atoms with Gasteiger partial charge in [0.15, 0.2) is 11.5 Å². The Bertz CT molecular complexity index is 1020. The molecule has 0 fully saturated rings. The first kappa shape index (κ1) is 18.9. The smallest absolute Gasteiger partial charge is 0.273 e. The molecule has 0 aliphatic carbocycles. The van der Waals surface area contributed by atoms with Gasteiger partial charge in [-0.2, -0.15) is 0 Å². The quantitative estimate of drug-likeness (QED) is 0.675. The summed E-state index contributed by atoms with van der Waals surface area (Å²) in [5.74, 6) is 0.118. The van der Waals surface area contributed by atoms with Crippen molar-refractivity contribution in [1.29, 1.82) is 0 Å². The second-order valence-electron chi connectivity index (χ2n) is 7.20. The molecule has 1 atom stereocenters. The molecule has 1 aromatic heterocycles. The average molecular weight is 390 g/mol. The lowest BCUT2D eigenvalue weighted by Gasteiger charge is -2.25. The monoisotopic (exact) mass is 390 g/mol. The van der Waals surface area contributed by atoms with E-state index >= 15 is 0 Å². The predicted molar refractivity (Wildman–Crippen MR) is 108 cm³/mol. The van der Waals surface area contributed by atoms with Gasteiger partial charge in [0.1, 0.15) is 0 Å². The number of para-hydroxylation sites is 1. The molecule has 0 bridgehead atoms. The van der Waals surface area contributed by atoms with Crippen molar-refractivity contribution < 1.29 is 14.1 Å². The van der Waals surface area contributed by atoms with Gasteiger partial charge in [0.2, 0.25) is 5.91 Å². The lowest BCUT2D eigenvalue weighted by molar-refractivity contribution is -0.116. The van der Waals surface area contributed by atoms with E-state index in [9.17, 15) is 9.59 Å². The van der Waals surface area contributed by atoms with Crippen LogP contribution in [0.15, 0.2) is 65.2 Å². The van der Waals surface area contributed by atoms with Crippen LogP contribution in [0.25, 0.3) is 0 Å². The maximum Gasteiger partial charge on any atom is 0.273 e. The summed E-state index contributed by atoms with van der Waals surface area (Å²) in [6, 6.07) is 18.8. The van der Waals surface area contributed by atoms with Gasteiger partial charge in [0.05, 0.1) is 19.0 Å². The van der Waals surface area contributed by atoms with Gasteiger partial charge in [-0.05, 0) is 24.2 Å². The molecule has 0 unspecified atom stereocenters. The molecular formula is C22H22N4O3. The molecule has 3 aromatic rings. The third kappa shape index (κ3) is 4.52. The van der Waals surface area contributed by atoms with Crippen molar-refractivity contribution in [2.45, 2.75) is 25.6 Å². The molecule has 29 heavy (non-hydrogen) atoms. The first-order valence-electron chi connectivity index (χ1n) is 9.46. The zero-order valence-corrected chi connectivity index (χ0v) is 16.1. The van der Waals surface area contributed by atoms with Crippen LogP contribution in [-0.2, 0) is 17.9 Å². The molecule has 2 amide bonds. The lowest BCUT2D eigenvalue weighted by atomic mass is 9.97. The summed E-state index contributed by atoms with van der Waals surface area (Å²) in [6.45, 7) is 1.29. The van der Waals surface area contributed by atoms with E-state index in [0.29, 0.717) is 12.3 Å². The number of hydrogen-bond donors (Lipinski definition) is 2. The van der Waals surface area contributed by atoms with Crippen molar-refractivity contribution >= 4 is 17.5 Å². The summed E-state index contributed by atoms with van der Waals surface area (Å²) in [6.07, 6.45) is 0.188. The van der Waals surface area contributed by atoms with Gasteiger partial charge in [-0.1, -0.05) is 53.7 Å². The fraction of sp³-hybridized carbons (Fsp3) is 0.227. The highest BCUT2D eigenvalue weighted by Gasteiger charge is 2.27. The summed E-state index contributed by atoms with van der Waals surface area (Å²) in [5, 5.41) is 9.61. The van der Waals surface area contributed by atoms with Crippen molar-refractivity contribution in [3.8, 4) is 0 Å². The number of amides is 2. The van der Waals surface area contributed by atoms with E-state index in [1.807, 2.05) is 49.5 Å². The first-order chi connectivity index (χ1) is 14.1. The van der Waals surface area contributed by atoms with Crippen molar-refractivity contribution in [2.75, 3.05) is 12.4 Å². The first-order valence-corrected chi connectivity index (χ1v) is 9.46. The van der Waals surface area contributed by atoms with Crippen LogP contribution in [0.3, 0.4) is 0 Å². The summed E-state index contributed by atoms with van der Waals surface area (Å²) in [4.78, 5) is 26.7. The van der Waals surface area contributed by atoms with Crippen LogP contribution >= 0.6 is 0 Å². The molecule has 7 heteroatoms. The minimum absolute atomic E-state index is 0.127. The number of rotatable bonds is 6. The van der Waals surface area contributed by atoms with Crippen molar-refractivity contribution in [3.05, 3.63) is 83.2 Å². The van der Waals surface area contributed by atoms with Crippen LogP contribution in [0, 0.1) is 0 Å².